The van der Waals surface area contributed by atoms with Gasteiger partial charge in [0.1, 0.15) is 11.5 Å². The Morgan fingerprint density at radius 2 is 1.74 bits per heavy atom. The van der Waals surface area contributed by atoms with Gasteiger partial charge in [-0.15, -0.1) is 0 Å². The second-order valence-corrected chi connectivity index (χ2v) is 11.4. The molecule has 0 saturated carbocycles. The van der Waals surface area contributed by atoms with E-state index in [1.165, 1.54) is 48.1 Å². The van der Waals surface area contributed by atoms with Crippen molar-refractivity contribution in [2.45, 2.75) is 31.8 Å². The molecule has 2 fully saturated rings. The number of pyridine rings is 1. The van der Waals surface area contributed by atoms with Crippen LogP contribution >= 0.6 is 0 Å². The fourth-order valence-electron chi connectivity index (χ4n) is 6.11. The molecule has 0 spiro atoms. The Bertz CT molecular complexity index is 1820. The van der Waals surface area contributed by atoms with Crippen LogP contribution in [0, 0.1) is 5.82 Å². The van der Waals surface area contributed by atoms with Gasteiger partial charge in [0.05, 0.1) is 50.3 Å². The van der Waals surface area contributed by atoms with Gasteiger partial charge in [0, 0.05) is 24.8 Å². The molecule has 2 aromatic heterocycles. The number of fused-ring (bicyclic) bond motifs is 1. The molecular weight excluding hydrogens is 607 g/mol. The number of nitrogens with one attached hydrogen (secondary N) is 2. The lowest BCUT2D eigenvalue weighted by atomic mass is 10.2. The SMILES string of the molecule is COc1ccc(N(C(=O)Nc2ccc(F)cc2)C(C)c2nc3ccccc3c(=O)n2N2CCN(C(=O)[C@H]3CCCN3)CC2)c(OC)n1. The predicted molar refractivity (Wildman–Crippen MR) is 175 cm³/mol. The smallest absolute Gasteiger partial charge is 0.327 e. The van der Waals surface area contributed by atoms with Crippen LogP contribution in [0.1, 0.15) is 31.6 Å². The molecule has 246 valence electrons. The summed E-state index contributed by atoms with van der Waals surface area (Å²) in [6, 6.07) is 14.0. The molecule has 3 amide bonds. The average molecular weight is 645 g/mol. The number of anilines is 2. The lowest BCUT2D eigenvalue weighted by Gasteiger charge is -2.39. The first-order chi connectivity index (χ1) is 22.8. The topological polar surface area (TPSA) is 134 Å². The Balaban J connectivity index is 1.42. The highest BCUT2D eigenvalue weighted by atomic mass is 19.1. The van der Waals surface area contributed by atoms with E-state index in [4.69, 9.17) is 14.5 Å². The van der Waals surface area contributed by atoms with E-state index in [2.05, 4.69) is 15.6 Å². The fourth-order valence-corrected chi connectivity index (χ4v) is 6.11. The number of para-hydroxylation sites is 1. The zero-order valence-corrected chi connectivity index (χ0v) is 26.5. The predicted octanol–water partition coefficient (Wildman–Crippen LogP) is 3.28. The molecule has 2 aliphatic heterocycles. The monoisotopic (exact) mass is 644 g/mol. The Morgan fingerprint density at radius 3 is 2.43 bits per heavy atom. The highest BCUT2D eigenvalue weighted by molar-refractivity contribution is 6.03. The number of amides is 3. The van der Waals surface area contributed by atoms with Crippen LogP contribution in [0.3, 0.4) is 0 Å². The van der Waals surface area contributed by atoms with Gasteiger partial charge in [0.25, 0.3) is 5.56 Å². The first-order valence-electron chi connectivity index (χ1n) is 15.5. The minimum atomic E-state index is -0.862. The van der Waals surface area contributed by atoms with Crippen molar-refractivity contribution in [1.82, 2.24) is 24.9 Å². The van der Waals surface area contributed by atoms with Gasteiger partial charge in [-0.3, -0.25) is 14.5 Å². The zero-order valence-electron chi connectivity index (χ0n) is 26.5. The lowest BCUT2D eigenvalue weighted by Crippen LogP contribution is -2.58. The quantitative estimate of drug-likeness (QED) is 0.297. The maximum Gasteiger partial charge on any atom is 0.327 e. The van der Waals surface area contributed by atoms with Gasteiger partial charge in [-0.05, 0) is 68.8 Å². The van der Waals surface area contributed by atoms with Crippen LogP contribution in [0.2, 0.25) is 0 Å². The van der Waals surface area contributed by atoms with Crippen molar-refractivity contribution in [2.75, 3.05) is 62.2 Å². The number of halogens is 1. The van der Waals surface area contributed by atoms with Gasteiger partial charge >= 0.3 is 6.03 Å². The van der Waals surface area contributed by atoms with Crippen LogP contribution in [-0.2, 0) is 4.79 Å². The largest absolute Gasteiger partial charge is 0.481 e. The van der Waals surface area contributed by atoms with Crippen molar-refractivity contribution < 1.29 is 23.5 Å². The van der Waals surface area contributed by atoms with Crippen molar-refractivity contribution in [3.05, 3.63) is 82.7 Å². The molecule has 47 heavy (non-hydrogen) atoms. The maximum atomic E-state index is 14.2. The lowest BCUT2D eigenvalue weighted by molar-refractivity contribution is -0.133. The van der Waals surface area contributed by atoms with E-state index in [9.17, 15) is 18.8 Å². The van der Waals surface area contributed by atoms with Crippen LogP contribution in [0.5, 0.6) is 11.8 Å². The third-order valence-corrected chi connectivity index (χ3v) is 8.54. The number of aromatic nitrogens is 3. The molecule has 2 aliphatic rings. The number of carbonyl (C=O) groups excluding carboxylic acids is 2. The number of piperazine rings is 1. The van der Waals surface area contributed by atoms with Gasteiger partial charge < -0.3 is 30.0 Å². The summed E-state index contributed by atoms with van der Waals surface area (Å²) in [6.07, 6.45) is 1.78. The standard InChI is InChI=1S/C33H37FN8O5/c1-21(41(27-14-15-28(46-2)38-30(27)47-3)33(45)36-23-12-10-22(34)11-13-23)29-37-25-8-5-4-7-24(25)31(43)42(29)40-19-17-39(18-20-40)32(44)26-9-6-16-35-26/h4-5,7-8,10-15,21,26,35H,6,9,16-20H2,1-3H3,(H,36,45)/t21?,26-/m1/s1. The van der Waals surface area contributed by atoms with Crippen LogP contribution in [0.4, 0.5) is 20.6 Å². The molecule has 2 atom stereocenters. The molecule has 2 N–H and O–H groups in total. The summed E-state index contributed by atoms with van der Waals surface area (Å²) in [5, 5.41) is 8.38. The normalized spacial score (nSPS) is 17.0. The van der Waals surface area contributed by atoms with Gasteiger partial charge in [0.2, 0.25) is 17.7 Å². The van der Waals surface area contributed by atoms with Crippen molar-refractivity contribution in [1.29, 1.82) is 0 Å². The second kappa shape index (κ2) is 13.6. The maximum absolute atomic E-state index is 14.2. The molecule has 0 radical (unpaired) electrons. The molecule has 6 rings (SSSR count). The van der Waals surface area contributed by atoms with E-state index >= 15 is 0 Å². The van der Waals surface area contributed by atoms with Crippen LogP contribution in [-0.4, -0.2) is 84.5 Å². The summed E-state index contributed by atoms with van der Waals surface area (Å²) in [7, 11) is 2.90. The molecule has 1 unspecified atom stereocenters. The Morgan fingerprint density at radius 1 is 1.00 bits per heavy atom. The number of benzene rings is 2. The minimum Gasteiger partial charge on any atom is -0.481 e. The van der Waals surface area contributed by atoms with Gasteiger partial charge in [0.15, 0.2) is 5.82 Å². The van der Waals surface area contributed by atoms with Crippen LogP contribution < -0.4 is 35.6 Å². The third-order valence-electron chi connectivity index (χ3n) is 8.54. The summed E-state index contributed by atoms with van der Waals surface area (Å²) in [6.45, 7) is 4.20. The molecule has 0 bridgehead atoms. The Hall–Kier alpha value is -5.24. The number of urea groups is 1. The highest BCUT2D eigenvalue weighted by Gasteiger charge is 2.34. The van der Waals surface area contributed by atoms with Gasteiger partial charge in [-0.2, -0.15) is 4.98 Å². The van der Waals surface area contributed by atoms with Gasteiger partial charge in [-0.1, -0.05) is 12.1 Å². The number of rotatable bonds is 8. The molecule has 0 aliphatic carbocycles. The number of nitrogens with zero attached hydrogens (tertiary/aromatic N) is 6. The number of carbonyl (C=O) groups is 2. The molecule has 14 heteroatoms. The molecule has 2 saturated heterocycles. The highest BCUT2D eigenvalue weighted by Crippen LogP contribution is 2.35. The van der Waals surface area contributed by atoms with Crippen molar-refractivity contribution in [3.63, 3.8) is 0 Å². The van der Waals surface area contributed by atoms with E-state index in [-0.39, 0.29) is 40.8 Å². The molecule has 2 aromatic carbocycles. The first-order valence-corrected chi connectivity index (χ1v) is 15.5. The molecular formula is C33H37FN8O5. The minimum absolute atomic E-state index is 0.0717. The van der Waals surface area contributed by atoms with E-state index in [0.717, 1.165) is 19.4 Å². The Labute approximate surface area is 270 Å². The van der Waals surface area contributed by atoms with Crippen LogP contribution in [0.25, 0.3) is 10.9 Å². The first kappa shape index (κ1) is 31.7. The van der Waals surface area contributed by atoms with E-state index in [1.807, 2.05) is 9.91 Å². The van der Waals surface area contributed by atoms with Crippen molar-refractivity contribution in [3.8, 4) is 11.8 Å². The van der Waals surface area contributed by atoms with Crippen LogP contribution in [0.15, 0.2) is 65.5 Å². The number of hydrogen-bond donors (Lipinski definition) is 2. The summed E-state index contributed by atoms with van der Waals surface area (Å²) >= 11 is 0. The van der Waals surface area contributed by atoms with E-state index in [0.29, 0.717) is 42.8 Å². The summed E-state index contributed by atoms with van der Waals surface area (Å²) in [5.74, 6) is 0.298. The number of hydrogen-bond acceptors (Lipinski definition) is 9. The van der Waals surface area contributed by atoms with Gasteiger partial charge in [-0.25, -0.2) is 18.8 Å². The van der Waals surface area contributed by atoms with Crippen molar-refractivity contribution in [2.24, 2.45) is 0 Å². The number of ether oxygens (including phenoxy) is 2. The van der Waals surface area contributed by atoms with Crippen molar-refractivity contribution >= 4 is 34.2 Å². The third kappa shape index (κ3) is 6.41. The summed E-state index contributed by atoms with van der Waals surface area (Å²) in [5.41, 5.74) is 0.813. The summed E-state index contributed by atoms with van der Waals surface area (Å²) < 4.78 is 26.1. The zero-order chi connectivity index (χ0) is 33.1. The fraction of sp³-hybridized carbons (Fsp3) is 0.364. The molecule has 4 heterocycles. The average Bonchev–Trinajstić information content (AvgIpc) is 3.64. The van der Waals surface area contributed by atoms with E-state index < -0.39 is 17.9 Å². The molecule has 4 aromatic rings. The van der Waals surface area contributed by atoms with E-state index in [1.54, 1.807) is 43.3 Å². The Kier molecular flexibility index (Phi) is 9.20. The summed E-state index contributed by atoms with van der Waals surface area (Å²) in [4.78, 5) is 54.0. The number of methoxy groups -OCH3 is 2. The molecule has 13 nitrogen and oxygen atoms in total. The second-order valence-electron chi connectivity index (χ2n) is 11.4.